The number of hydrogen-bond donors (Lipinski definition) is 3. The van der Waals surface area contributed by atoms with Crippen molar-refractivity contribution in [2.24, 2.45) is 5.92 Å². The zero-order valence-corrected chi connectivity index (χ0v) is 29.2. The third-order valence-corrected chi connectivity index (χ3v) is 11.7. The Balaban J connectivity index is 1.22. The molecule has 1 spiro atoms. The summed E-state index contributed by atoms with van der Waals surface area (Å²) in [6.45, 7) is 4.98. The lowest BCUT2D eigenvalue weighted by atomic mass is 9.50. The Hall–Kier alpha value is -2.76. The minimum Gasteiger partial charge on any atom is -0.493 e. The number of piperidine rings is 1. The number of likely N-dealkylation sites (N-methyl/N-ethyl adjacent to an activating group) is 1. The second kappa shape index (κ2) is 13.6. The number of piperazine rings is 1. The van der Waals surface area contributed by atoms with Gasteiger partial charge in [-0.1, -0.05) is 6.07 Å². The zero-order chi connectivity index (χ0) is 33.5. The largest absolute Gasteiger partial charge is 0.493 e. The molecule has 13 heteroatoms. The van der Waals surface area contributed by atoms with Crippen LogP contribution in [0.2, 0.25) is 0 Å². The van der Waals surface area contributed by atoms with Crippen LogP contribution in [0.3, 0.4) is 0 Å². The molecule has 1 aromatic rings. The van der Waals surface area contributed by atoms with Crippen molar-refractivity contribution in [1.82, 2.24) is 25.3 Å². The van der Waals surface area contributed by atoms with Crippen LogP contribution < -0.4 is 20.1 Å². The molecule has 2 unspecified atom stereocenters. The van der Waals surface area contributed by atoms with Gasteiger partial charge < -0.3 is 44.5 Å². The number of hydrogen-bond acceptors (Lipinski definition) is 10. The Kier molecular flexibility index (Phi) is 9.89. The molecule has 3 aliphatic heterocycles. The first-order valence-corrected chi connectivity index (χ1v) is 17.7. The van der Waals surface area contributed by atoms with E-state index in [1.165, 1.54) is 6.92 Å². The zero-order valence-electron chi connectivity index (χ0n) is 28.0. The van der Waals surface area contributed by atoms with E-state index in [1.54, 1.807) is 12.0 Å². The fraction of sp³-hybridized carbons (Fsp3) is 0.676. The lowest BCUT2D eigenvalue weighted by Gasteiger charge is -2.61. The fourth-order valence-electron chi connectivity index (χ4n) is 8.81. The number of ketones is 1. The van der Waals surface area contributed by atoms with E-state index in [0.29, 0.717) is 62.6 Å². The molecule has 3 heterocycles. The maximum absolute atomic E-state index is 14.0. The number of likely N-dealkylation sites (tertiary alicyclic amines) is 1. The molecule has 2 bridgehead atoms. The second-order valence-electron chi connectivity index (χ2n) is 13.9. The van der Waals surface area contributed by atoms with E-state index in [0.717, 1.165) is 36.9 Å². The summed E-state index contributed by atoms with van der Waals surface area (Å²) in [7, 11) is 8.27. The number of ether oxygens (including phenoxy) is 3. The van der Waals surface area contributed by atoms with Crippen molar-refractivity contribution in [1.29, 1.82) is 0 Å². The van der Waals surface area contributed by atoms with Crippen molar-refractivity contribution < 1.29 is 33.7 Å². The smallest absolute Gasteiger partial charge is 0.415 e. The van der Waals surface area contributed by atoms with Gasteiger partial charge >= 0.3 is 6.09 Å². The Labute approximate surface area is 279 Å². The first kappa shape index (κ1) is 34.1. The number of rotatable bonds is 12. The van der Waals surface area contributed by atoms with Gasteiger partial charge in [-0.15, -0.1) is 9.24 Å². The molecule has 0 aromatic heterocycles. The number of nitrogens with zero attached hydrogens (tertiary/aromatic N) is 3. The van der Waals surface area contributed by atoms with Gasteiger partial charge in [-0.2, -0.15) is 0 Å². The van der Waals surface area contributed by atoms with Gasteiger partial charge in [-0.3, -0.25) is 9.69 Å². The van der Waals surface area contributed by atoms with E-state index < -0.39 is 29.1 Å². The van der Waals surface area contributed by atoms with Crippen molar-refractivity contribution in [2.45, 2.75) is 74.7 Å². The molecule has 2 amide bonds. The predicted octanol–water partition coefficient (Wildman–Crippen LogP) is 1.64. The number of benzene rings is 1. The number of carbonyl (C=O) groups excluding carboxylic acids is 3. The Morgan fingerprint density at radius 2 is 2.04 bits per heavy atom. The maximum Gasteiger partial charge on any atom is 0.415 e. The maximum atomic E-state index is 14.0. The molecular weight excluding hydrogens is 621 g/mol. The van der Waals surface area contributed by atoms with Gasteiger partial charge in [-0.05, 0) is 77.5 Å². The highest BCUT2D eigenvalue weighted by atomic mass is 31.0. The predicted molar refractivity (Wildman–Crippen MR) is 180 cm³/mol. The highest BCUT2D eigenvalue weighted by molar-refractivity contribution is 7.16. The summed E-state index contributed by atoms with van der Waals surface area (Å²) < 4.78 is 18.6. The van der Waals surface area contributed by atoms with Gasteiger partial charge in [0.05, 0.1) is 24.2 Å². The standard InChI is InChI=1S/C34H50N5O7P/c1-21(40)16-23(6-5-12-35-2)31(41)36-18-24-19-38(20-47)14-15-39(24)32(42)45-26-9-10-34(43)27-17-22-7-8-25(44-4)29-28(22)33(34,30(26)46-29)11-13-37(27)3/h7-9,23-24,27,30,35,43H,5-6,10-20,47H2,1-4H3,(H,36,41)/t23-,24?,27-,30+,33+,34-/m1/s1. The molecule has 2 aliphatic carbocycles. The summed E-state index contributed by atoms with van der Waals surface area (Å²) in [4.78, 5) is 45.4. The quantitative estimate of drug-likeness (QED) is 0.223. The third-order valence-electron chi connectivity index (χ3n) is 11.2. The van der Waals surface area contributed by atoms with Crippen LogP contribution >= 0.6 is 9.24 Å². The Morgan fingerprint density at radius 3 is 2.77 bits per heavy atom. The van der Waals surface area contributed by atoms with Gasteiger partial charge in [0, 0.05) is 62.8 Å². The van der Waals surface area contributed by atoms with Crippen LogP contribution in [-0.4, -0.2) is 128 Å². The van der Waals surface area contributed by atoms with Crippen molar-refractivity contribution in [3.63, 3.8) is 0 Å². The molecule has 0 saturated carbocycles. The van der Waals surface area contributed by atoms with Crippen LogP contribution in [0, 0.1) is 5.92 Å². The average molecular weight is 672 g/mol. The summed E-state index contributed by atoms with van der Waals surface area (Å²) in [5.74, 6) is 1.05. The van der Waals surface area contributed by atoms with E-state index >= 15 is 0 Å². The lowest BCUT2D eigenvalue weighted by Crippen LogP contribution is -2.74. The summed E-state index contributed by atoms with van der Waals surface area (Å²) >= 11 is 0. The molecule has 0 radical (unpaired) electrons. The Morgan fingerprint density at radius 1 is 1.23 bits per heavy atom. The van der Waals surface area contributed by atoms with Gasteiger partial charge in [0.1, 0.15) is 11.5 Å². The topological polar surface area (TPSA) is 133 Å². The summed E-state index contributed by atoms with van der Waals surface area (Å²) in [5, 5.41) is 18.6. The number of methoxy groups -OCH3 is 1. The third kappa shape index (κ3) is 5.84. The van der Waals surface area contributed by atoms with Crippen molar-refractivity contribution in [3.05, 3.63) is 35.1 Å². The molecule has 47 heavy (non-hydrogen) atoms. The molecule has 258 valence electrons. The molecule has 6 rings (SSSR count). The average Bonchev–Trinajstić information content (AvgIpc) is 3.42. The van der Waals surface area contributed by atoms with E-state index in [4.69, 9.17) is 14.2 Å². The van der Waals surface area contributed by atoms with E-state index in [1.807, 2.05) is 19.2 Å². The van der Waals surface area contributed by atoms with Gasteiger partial charge in [0.15, 0.2) is 17.6 Å². The molecule has 7 atom stereocenters. The van der Waals surface area contributed by atoms with Crippen LogP contribution in [0.15, 0.2) is 24.0 Å². The molecule has 1 aromatic carbocycles. The first-order chi connectivity index (χ1) is 22.6. The molecular formula is C34H50N5O7P. The lowest BCUT2D eigenvalue weighted by molar-refractivity contribution is -0.163. The van der Waals surface area contributed by atoms with E-state index in [2.05, 4.69) is 42.8 Å². The summed E-state index contributed by atoms with van der Waals surface area (Å²) in [6.07, 6.45) is 4.68. The number of amides is 2. The first-order valence-electron chi connectivity index (χ1n) is 16.9. The van der Waals surface area contributed by atoms with Gasteiger partial charge in [0.2, 0.25) is 5.91 Å². The number of nitrogens with one attached hydrogen (secondary N) is 2. The van der Waals surface area contributed by atoms with Crippen LogP contribution in [0.5, 0.6) is 11.5 Å². The summed E-state index contributed by atoms with van der Waals surface area (Å²) in [6, 6.07) is 3.57. The van der Waals surface area contributed by atoms with E-state index in [9.17, 15) is 19.5 Å². The van der Waals surface area contributed by atoms with Crippen LogP contribution in [0.1, 0.15) is 50.2 Å². The van der Waals surface area contributed by atoms with Crippen LogP contribution in [0.25, 0.3) is 0 Å². The van der Waals surface area contributed by atoms with Crippen LogP contribution in [-0.2, 0) is 26.2 Å². The highest BCUT2D eigenvalue weighted by Gasteiger charge is 2.72. The van der Waals surface area contributed by atoms with Crippen molar-refractivity contribution in [3.8, 4) is 11.5 Å². The summed E-state index contributed by atoms with van der Waals surface area (Å²) in [5.41, 5.74) is 0.262. The Bertz CT molecular complexity index is 1430. The molecule has 2 saturated heterocycles. The van der Waals surface area contributed by atoms with Crippen LogP contribution in [0.4, 0.5) is 4.79 Å². The van der Waals surface area contributed by atoms with Gasteiger partial charge in [0.25, 0.3) is 0 Å². The minimum absolute atomic E-state index is 0.0197. The minimum atomic E-state index is -1.09. The second-order valence-corrected chi connectivity index (χ2v) is 14.2. The molecule has 12 nitrogen and oxygen atoms in total. The molecule has 3 N–H and O–H groups in total. The molecule has 5 aliphatic rings. The highest BCUT2D eigenvalue weighted by Crippen LogP contribution is 2.65. The number of Topliss-reactive ketones (excluding diaryl/α,β-unsaturated/α-hetero) is 1. The fourth-order valence-corrected chi connectivity index (χ4v) is 9.14. The SMILES string of the molecule is CNCCC[C@H](CC(C)=O)C(=O)NCC1CN(CP)CCN1C(=O)OC1=CC[C@@]2(O)[C@H]3Cc4ccc(OC)c5c4[C@@]2(CCN3C)[C@H]1O5. The molecule has 2 fully saturated rings. The number of aliphatic hydroxyl groups is 1. The van der Waals surface area contributed by atoms with Gasteiger partial charge in [-0.25, -0.2) is 4.79 Å². The monoisotopic (exact) mass is 671 g/mol. The van der Waals surface area contributed by atoms with E-state index in [-0.39, 0.29) is 36.7 Å². The normalized spacial score (nSPS) is 30.1. The number of carbonyl (C=O) groups is 3. The van der Waals surface area contributed by atoms with Crippen molar-refractivity contribution in [2.75, 3.05) is 66.8 Å². The van der Waals surface area contributed by atoms with Crippen molar-refractivity contribution >= 4 is 27.0 Å².